The highest BCUT2D eigenvalue weighted by Crippen LogP contribution is 2.03. The number of hydrogen-bond acceptors (Lipinski definition) is 3. The highest BCUT2D eigenvalue weighted by molar-refractivity contribution is 5.77. The number of carbonyl (C=O) groups excluding carboxylic acids is 1. The molecule has 0 aromatic rings. The molecule has 0 fully saturated rings. The molecule has 2 atom stereocenters. The fourth-order valence-corrected chi connectivity index (χ4v) is 1.09. The normalized spacial score (nSPS) is 14.3. The van der Waals surface area contributed by atoms with E-state index in [0.717, 1.165) is 12.8 Å². The number of aliphatic carboxylic acids is 1. The van der Waals surface area contributed by atoms with Crippen molar-refractivity contribution in [2.45, 2.75) is 39.2 Å². The minimum absolute atomic E-state index is 0.107. The average Bonchev–Trinajstić information content (AvgIpc) is 2.16. The molecule has 5 nitrogen and oxygen atoms in total. The zero-order valence-electron chi connectivity index (χ0n) is 9.32. The van der Waals surface area contributed by atoms with Crippen LogP contribution in [0, 0.1) is 5.92 Å². The van der Waals surface area contributed by atoms with E-state index in [4.69, 9.17) is 10.8 Å². The summed E-state index contributed by atoms with van der Waals surface area (Å²) in [5.74, 6) is -1.57. The second-order valence-electron chi connectivity index (χ2n) is 3.73. The second kappa shape index (κ2) is 7.23. The number of carbonyl (C=O) groups is 2. The summed E-state index contributed by atoms with van der Waals surface area (Å²) >= 11 is 0. The number of carboxylic acids is 1. The van der Waals surface area contributed by atoms with Crippen molar-refractivity contribution < 1.29 is 14.7 Å². The first-order valence-electron chi connectivity index (χ1n) is 5.21. The number of nitrogens with two attached hydrogens (primary N) is 1. The van der Waals surface area contributed by atoms with E-state index in [9.17, 15) is 9.59 Å². The van der Waals surface area contributed by atoms with E-state index in [-0.39, 0.29) is 11.9 Å². The smallest absolute Gasteiger partial charge is 0.308 e. The van der Waals surface area contributed by atoms with Crippen molar-refractivity contribution in [1.82, 2.24) is 5.32 Å². The summed E-state index contributed by atoms with van der Waals surface area (Å²) in [6.07, 6.45) is 1.97. The molecule has 88 valence electrons. The average molecular weight is 216 g/mol. The number of hydrogen-bond donors (Lipinski definition) is 3. The zero-order valence-corrected chi connectivity index (χ0v) is 9.32. The Morgan fingerprint density at radius 1 is 1.33 bits per heavy atom. The van der Waals surface area contributed by atoms with Crippen LogP contribution in [0.1, 0.15) is 33.1 Å². The lowest BCUT2D eigenvalue weighted by atomic mass is 10.0. The highest BCUT2D eigenvalue weighted by Gasteiger charge is 2.20. The Bertz CT molecular complexity index is 219. The van der Waals surface area contributed by atoms with Gasteiger partial charge >= 0.3 is 5.97 Å². The molecule has 4 N–H and O–H groups in total. The summed E-state index contributed by atoms with van der Waals surface area (Å²) in [5, 5.41) is 11.4. The van der Waals surface area contributed by atoms with Gasteiger partial charge in [-0.05, 0) is 33.2 Å². The Balaban J connectivity index is 3.80. The first-order chi connectivity index (χ1) is 6.99. The molecule has 0 heterocycles. The maximum atomic E-state index is 11.3. The van der Waals surface area contributed by atoms with Crippen LogP contribution in [-0.2, 0) is 9.59 Å². The molecule has 2 unspecified atom stereocenters. The van der Waals surface area contributed by atoms with Gasteiger partial charge in [0.1, 0.15) is 0 Å². The summed E-state index contributed by atoms with van der Waals surface area (Å²) in [6.45, 7) is 3.85. The molecular weight excluding hydrogens is 196 g/mol. The van der Waals surface area contributed by atoms with Gasteiger partial charge in [-0.15, -0.1) is 0 Å². The van der Waals surface area contributed by atoms with E-state index >= 15 is 0 Å². The Morgan fingerprint density at radius 3 is 2.40 bits per heavy atom. The Labute approximate surface area is 90.0 Å². The molecule has 5 heteroatoms. The van der Waals surface area contributed by atoms with Crippen LogP contribution in [0.25, 0.3) is 0 Å². The van der Waals surface area contributed by atoms with Crippen molar-refractivity contribution in [1.29, 1.82) is 0 Å². The molecule has 0 aliphatic heterocycles. The van der Waals surface area contributed by atoms with Gasteiger partial charge in [-0.25, -0.2) is 0 Å². The zero-order chi connectivity index (χ0) is 11.8. The Kier molecular flexibility index (Phi) is 6.70. The Morgan fingerprint density at radius 2 is 1.93 bits per heavy atom. The van der Waals surface area contributed by atoms with Crippen LogP contribution in [0.4, 0.5) is 0 Å². The number of unbranched alkanes of at least 4 members (excludes halogenated alkanes) is 1. The summed E-state index contributed by atoms with van der Waals surface area (Å²) < 4.78 is 0. The van der Waals surface area contributed by atoms with Gasteiger partial charge < -0.3 is 16.2 Å². The maximum Gasteiger partial charge on any atom is 0.308 e. The standard InChI is InChI=1S/C10H20N2O3/c1-7(10(14)15)8(2)12-9(13)5-3-4-6-11/h7-8H,3-6,11H2,1-2H3,(H,12,13)(H,14,15). The van der Waals surface area contributed by atoms with E-state index in [2.05, 4.69) is 5.32 Å². The molecule has 0 spiro atoms. The molecule has 0 radical (unpaired) electrons. The van der Waals surface area contributed by atoms with Crippen molar-refractivity contribution in [2.75, 3.05) is 6.54 Å². The SMILES string of the molecule is CC(NC(=O)CCCCN)C(C)C(=O)O. The van der Waals surface area contributed by atoms with Gasteiger partial charge in [-0.2, -0.15) is 0 Å². The molecule has 15 heavy (non-hydrogen) atoms. The van der Waals surface area contributed by atoms with Gasteiger partial charge in [0.2, 0.25) is 5.91 Å². The minimum atomic E-state index is -0.898. The number of carboxylic acid groups (broad SMARTS) is 1. The van der Waals surface area contributed by atoms with Crippen LogP contribution in [-0.4, -0.2) is 29.6 Å². The summed E-state index contributed by atoms with van der Waals surface area (Å²) in [4.78, 5) is 21.9. The van der Waals surface area contributed by atoms with Gasteiger partial charge in [0.05, 0.1) is 5.92 Å². The van der Waals surface area contributed by atoms with Gasteiger partial charge in [0.25, 0.3) is 0 Å². The molecule has 0 rings (SSSR count). The third-order valence-corrected chi connectivity index (χ3v) is 2.39. The molecule has 0 aromatic carbocycles. The quantitative estimate of drug-likeness (QED) is 0.535. The number of amides is 1. The summed E-state index contributed by atoms with van der Waals surface area (Å²) in [5.41, 5.74) is 5.29. The lowest BCUT2D eigenvalue weighted by molar-refractivity contribution is -0.142. The fourth-order valence-electron chi connectivity index (χ4n) is 1.09. The first kappa shape index (κ1) is 13.9. The van der Waals surface area contributed by atoms with Crippen LogP contribution in [0.2, 0.25) is 0 Å². The topological polar surface area (TPSA) is 92.4 Å². The molecular formula is C10H20N2O3. The van der Waals surface area contributed by atoms with E-state index in [1.165, 1.54) is 0 Å². The predicted octanol–water partition coefficient (Wildman–Crippen LogP) is 0.341. The monoisotopic (exact) mass is 216 g/mol. The van der Waals surface area contributed by atoms with Crippen LogP contribution >= 0.6 is 0 Å². The van der Waals surface area contributed by atoms with E-state index in [0.29, 0.717) is 13.0 Å². The van der Waals surface area contributed by atoms with Crippen molar-refractivity contribution in [2.24, 2.45) is 11.7 Å². The van der Waals surface area contributed by atoms with Crippen molar-refractivity contribution in [3.63, 3.8) is 0 Å². The van der Waals surface area contributed by atoms with E-state index < -0.39 is 11.9 Å². The fraction of sp³-hybridized carbons (Fsp3) is 0.800. The number of nitrogens with one attached hydrogen (secondary N) is 1. The van der Waals surface area contributed by atoms with E-state index in [1.807, 2.05) is 0 Å². The lowest BCUT2D eigenvalue weighted by Crippen LogP contribution is -2.39. The van der Waals surface area contributed by atoms with Crippen molar-refractivity contribution in [3.8, 4) is 0 Å². The summed E-state index contributed by atoms with van der Waals surface area (Å²) in [6, 6.07) is -0.340. The Hall–Kier alpha value is -1.10. The maximum absolute atomic E-state index is 11.3. The van der Waals surface area contributed by atoms with Crippen LogP contribution < -0.4 is 11.1 Å². The van der Waals surface area contributed by atoms with Crippen LogP contribution in [0.5, 0.6) is 0 Å². The first-order valence-corrected chi connectivity index (χ1v) is 5.21. The minimum Gasteiger partial charge on any atom is -0.481 e. The third-order valence-electron chi connectivity index (χ3n) is 2.39. The molecule has 0 aromatic heterocycles. The predicted molar refractivity (Wildman–Crippen MR) is 57.3 cm³/mol. The van der Waals surface area contributed by atoms with Crippen molar-refractivity contribution in [3.05, 3.63) is 0 Å². The largest absolute Gasteiger partial charge is 0.481 e. The van der Waals surface area contributed by atoms with Gasteiger partial charge in [0, 0.05) is 12.5 Å². The van der Waals surface area contributed by atoms with Crippen molar-refractivity contribution >= 4 is 11.9 Å². The summed E-state index contributed by atoms with van der Waals surface area (Å²) in [7, 11) is 0. The second-order valence-corrected chi connectivity index (χ2v) is 3.73. The molecule has 0 saturated heterocycles. The van der Waals surface area contributed by atoms with Crippen LogP contribution in [0.3, 0.4) is 0 Å². The molecule has 0 aliphatic rings. The number of rotatable bonds is 7. The van der Waals surface area contributed by atoms with Gasteiger partial charge in [-0.1, -0.05) is 0 Å². The molecule has 0 aliphatic carbocycles. The van der Waals surface area contributed by atoms with E-state index in [1.54, 1.807) is 13.8 Å². The third kappa shape index (κ3) is 6.06. The molecule has 0 bridgehead atoms. The van der Waals surface area contributed by atoms with Gasteiger partial charge in [-0.3, -0.25) is 9.59 Å². The molecule has 1 amide bonds. The van der Waals surface area contributed by atoms with Crippen LogP contribution in [0.15, 0.2) is 0 Å². The van der Waals surface area contributed by atoms with Gasteiger partial charge in [0.15, 0.2) is 0 Å². The molecule has 0 saturated carbocycles. The lowest BCUT2D eigenvalue weighted by Gasteiger charge is -2.17. The highest BCUT2D eigenvalue weighted by atomic mass is 16.4.